The Morgan fingerprint density at radius 2 is 1.84 bits per heavy atom. The Hall–Kier alpha value is -3.56. The molecule has 0 spiro atoms. The zero-order valence-corrected chi connectivity index (χ0v) is 21.4. The van der Waals surface area contributed by atoms with Gasteiger partial charge in [0.15, 0.2) is 0 Å². The van der Waals surface area contributed by atoms with Gasteiger partial charge in [-0.3, -0.25) is 19.9 Å². The number of oxime groups is 1. The van der Waals surface area contributed by atoms with Gasteiger partial charge in [-0.25, -0.2) is 4.79 Å². The molecule has 1 heterocycles. The van der Waals surface area contributed by atoms with E-state index in [9.17, 15) is 19.7 Å². The number of aliphatic imine (C=N–C) groups is 1. The molecule has 0 amide bonds. The zero-order valence-electron chi connectivity index (χ0n) is 21.4. The smallest absolute Gasteiger partial charge is 0.344 e. The number of non-ortho nitro benzene ring substituents is 1. The van der Waals surface area contributed by atoms with Crippen molar-refractivity contribution in [2.24, 2.45) is 21.5 Å². The van der Waals surface area contributed by atoms with Crippen LogP contribution in [0.5, 0.6) is 0 Å². The molecular formula is C27H33N3O7. The first-order valence-electron chi connectivity index (χ1n) is 12.7. The highest BCUT2D eigenvalue weighted by Crippen LogP contribution is 2.48. The van der Waals surface area contributed by atoms with Gasteiger partial charge in [-0.2, -0.15) is 0 Å². The Kier molecular flexibility index (Phi) is 7.75. The lowest BCUT2D eigenvalue weighted by atomic mass is 9.66. The van der Waals surface area contributed by atoms with Crippen molar-refractivity contribution in [3.63, 3.8) is 0 Å². The third-order valence-electron chi connectivity index (χ3n) is 7.23. The Labute approximate surface area is 215 Å². The van der Waals surface area contributed by atoms with Gasteiger partial charge in [-0.15, -0.1) is 0 Å². The molecule has 1 N–H and O–H groups in total. The second kappa shape index (κ2) is 10.8. The first-order chi connectivity index (χ1) is 17.6. The van der Waals surface area contributed by atoms with E-state index in [1.165, 1.54) is 12.1 Å². The monoisotopic (exact) mass is 511 g/mol. The average molecular weight is 512 g/mol. The fourth-order valence-corrected chi connectivity index (χ4v) is 5.61. The third-order valence-corrected chi connectivity index (χ3v) is 7.23. The first kappa shape index (κ1) is 26.5. The number of hydrogen-bond donors (Lipinski definition) is 1. The molecule has 1 saturated carbocycles. The number of allylic oxidation sites excluding steroid dienone is 2. The fraction of sp³-hybridized carbons (Fsp3) is 0.556. The lowest BCUT2D eigenvalue weighted by Gasteiger charge is -2.40. The topological polar surface area (TPSA) is 141 Å². The molecule has 10 nitrogen and oxygen atoms in total. The molecule has 1 aliphatic heterocycles. The van der Waals surface area contributed by atoms with Gasteiger partial charge in [0, 0.05) is 35.0 Å². The summed E-state index contributed by atoms with van der Waals surface area (Å²) in [6, 6.07) is 6.15. The number of nitro groups is 1. The average Bonchev–Trinajstić information content (AvgIpc) is 2.82. The maximum Gasteiger partial charge on any atom is 0.344 e. The molecule has 2 unspecified atom stereocenters. The molecule has 2 atom stereocenters. The van der Waals surface area contributed by atoms with Crippen LogP contribution in [0.3, 0.4) is 0 Å². The number of hydrogen-bond acceptors (Lipinski definition) is 8. The maximum atomic E-state index is 13.7. The number of nitrogens with zero attached hydrogens (tertiary/aromatic N) is 3. The molecular weight excluding hydrogens is 478 g/mol. The second-order valence-electron chi connectivity index (χ2n) is 10.8. The number of aliphatic carboxylic acids is 1. The number of esters is 1. The third kappa shape index (κ3) is 6.06. The highest BCUT2D eigenvalue weighted by molar-refractivity contribution is 6.10. The van der Waals surface area contributed by atoms with Gasteiger partial charge in [-0.05, 0) is 56.4 Å². The summed E-state index contributed by atoms with van der Waals surface area (Å²) in [5.41, 5.74) is 3.04. The summed E-state index contributed by atoms with van der Waals surface area (Å²) in [7, 11) is 0. The number of carbonyl (C=O) groups excluding carboxylic acids is 1. The number of benzene rings is 1. The Morgan fingerprint density at radius 3 is 2.46 bits per heavy atom. The standard InChI is InChI=1S/C27H33N3O7/c1-16-23(26(33)37-19-7-5-4-6-8-19)24(17-9-11-18(12-10-17)30(34)35)25-20(28-16)13-27(2,3)14-21(25)29-36-15-22(31)32/h9-12,19,23-24H,4-8,13-15H2,1-3H3,(H,31,32). The van der Waals surface area contributed by atoms with Crippen LogP contribution in [-0.4, -0.2) is 46.1 Å². The largest absolute Gasteiger partial charge is 0.479 e. The normalized spacial score (nSPS) is 24.7. The molecule has 198 valence electrons. The van der Waals surface area contributed by atoms with E-state index < -0.39 is 29.3 Å². The van der Waals surface area contributed by atoms with Gasteiger partial charge in [0.1, 0.15) is 12.0 Å². The van der Waals surface area contributed by atoms with Gasteiger partial charge >= 0.3 is 11.9 Å². The highest BCUT2D eigenvalue weighted by Gasteiger charge is 2.46. The van der Waals surface area contributed by atoms with Crippen LogP contribution in [0.15, 0.2) is 45.7 Å². The van der Waals surface area contributed by atoms with E-state index in [1.54, 1.807) is 12.1 Å². The van der Waals surface area contributed by atoms with E-state index >= 15 is 0 Å². The Morgan fingerprint density at radius 1 is 1.16 bits per heavy atom. The first-order valence-corrected chi connectivity index (χ1v) is 12.7. The minimum absolute atomic E-state index is 0.0519. The molecule has 3 aliphatic rings. The quantitative estimate of drug-likeness (QED) is 0.302. The maximum absolute atomic E-state index is 13.7. The van der Waals surface area contributed by atoms with Gasteiger partial charge in [0.2, 0.25) is 6.61 Å². The zero-order chi connectivity index (χ0) is 26.7. The molecule has 0 saturated heterocycles. The number of carboxylic acids is 1. The number of rotatable bonds is 7. The van der Waals surface area contributed by atoms with Crippen LogP contribution in [0.4, 0.5) is 5.69 Å². The molecule has 2 aliphatic carbocycles. The van der Waals surface area contributed by atoms with Crippen molar-refractivity contribution >= 4 is 29.0 Å². The molecule has 1 fully saturated rings. The van der Waals surface area contributed by atoms with Crippen molar-refractivity contribution in [1.29, 1.82) is 0 Å². The van der Waals surface area contributed by atoms with Crippen molar-refractivity contribution in [2.45, 2.75) is 77.7 Å². The van der Waals surface area contributed by atoms with Crippen molar-refractivity contribution < 1.29 is 29.2 Å². The van der Waals surface area contributed by atoms with Crippen LogP contribution in [-0.2, 0) is 19.2 Å². The molecule has 10 heteroatoms. The Balaban J connectivity index is 1.80. The predicted octanol–water partition coefficient (Wildman–Crippen LogP) is 5.18. The van der Waals surface area contributed by atoms with Crippen LogP contribution >= 0.6 is 0 Å². The Bertz CT molecular complexity index is 1160. The van der Waals surface area contributed by atoms with E-state index in [-0.39, 0.29) is 23.2 Å². The number of carbonyl (C=O) groups is 2. The number of ether oxygens (including phenoxy) is 1. The van der Waals surface area contributed by atoms with E-state index in [0.717, 1.165) is 37.8 Å². The summed E-state index contributed by atoms with van der Waals surface area (Å²) in [4.78, 5) is 45.5. The van der Waals surface area contributed by atoms with Crippen molar-refractivity contribution in [3.8, 4) is 0 Å². The van der Waals surface area contributed by atoms with Gasteiger partial charge in [0.25, 0.3) is 5.69 Å². The van der Waals surface area contributed by atoms with Crippen LogP contribution in [0, 0.1) is 21.4 Å². The van der Waals surface area contributed by atoms with E-state index in [4.69, 9.17) is 19.7 Å². The predicted molar refractivity (Wildman–Crippen MR) is 136 cm³/mol. The van der Waals surface area contributed by atoms with Gasteiger partial charge in [0.05, 0.1) is 10.6 Å². The fourth-order valence-electron chi connectivity index (χ4n) is 5.61. The molecule has 0 radical (unpaired) electrons. The van der Waals surface area contributed by atoms with Gasteiger partial charge in [-0.1, -0.05) is 37.6 Å². The van der Waals surface area contributed by atoms with E-state index in [0.29, 0.717) is 35.4 Å². The molecule has 1 aromatic rings. The van der Waals surface area contributed by atoms with Crippen LogP contribution in [0.25, 0.3) is 0 Å². The van der Waals surface area contributed by atoms with E-state index in [1.807, 2.05) is 6.92 Å². The summed E-state index contributed by atoms with van der Waals surface area (Å²) in [5, 5.41) is 24.5. The lowest BCUT2D eigenvalue weighted by molar-refractivity contribution is -0.384. The summed E-state index contributed by atoms with van der Waals surface area (Å²) in [6.45, 7) is 5.36. The van der Waals surface area contributed by atoms with Crippen LogP contribution in [0.1, 0.15) is 77.2 Å². The summed E-state index contributed by atoms with van der Waals surface area (Å²) in [6.07, 6.45) is 5.81. The SMILES string of the molecule is CC1=NC2=C(C(=NOCC(=O)O)CC(C)(C)C2)C(c2ccc([N+](=O)[O-])cc2)C1C(=O)OC1CCCCC1. The number of nitro benzene ring substituents is 1. The molecule has 1 aromatic carbocycles. The lowest BCUT2D eigenvalue weighted by Crippen LogP contribution is -2.40. The van der Waals surface area contributed by atoms with Crippen molar-refractivity contribution in [3.05, 3.63) is 51.2 Å². The van der Waals surface area contributed by atoms with Crippen LogP contribution in [0.2, 0.25) is 0 Å². The summed E-state index contributed by atoms with van der Waals surface area (Å²) < 4.78 is 5.98. The molecule has 37 heavy (non-hydrogen) atoms. The second-order valence-corrected chi connectivity index (χ2v) is 10.8. The van der Waals surface area contributed by atoms with Crippen molar-refractivity contribution in [1.82, 2.24) is 0 Å². The van der Waals surface area contributed by atoms with Gasteiger partial charge < -0.3 is 14.7 Å². The van der Waals surface area contributed by atoms with Crippen molar-refractivity contribution in [2.75, 3.05) is 6.61 Å². The minimum Gasteiger partial charge on any atom is -0.479 e. The highest BCUT2D eigenvalue weighted by atomic mass is 16.6. The number of carboxylic acid groups (broad SMARTS) is 1. The minimum atomic E-state index is -1.15. The van der Waals surface area contributed by atoms with Crippen LogP contribution < -0.4 is 0 Å². The molecule has 4 rings (SSSR count). The summed E-state index contributed by atoms with van der Waals surface area (Å²) >= 11 is 0. The van der Waals surface area contributed by atoms with E-state index in [2.05, 4.69) is 19.0 Å². The summed E-state index contributed by atoms with van der Waals surface area (Å²) in [5.74, 6) is -2.81. The molecule has 0 aromatic heterocycles. The molecule has 0 bridgehead atoms.